The zero-order valence-electron chi connectivity index (χ0n) is 12.0. The number of rotatable bonds is 5. The molecule has 1 heterocycles. The van der Waals surface area contributed by atoms with E-state index in [0.717, 1.165) is 16.7 Å². The summed E-state index contributed by atoms with van der Waals surface area (Å²) >= 11 is 0. The molecule has 2 aromatic rings. The maximum atomic E-state index is 9.03. The molecule has 0 saturated carbocycles. The van der Waals surface area contributed by atoms with Gasteiger partial charge in [-0.1, -0.05) is 6.07 Å². The second-order valence-corrected chi connectivity index (χ2v) is 4.22. The largest absolute Gasteiger partial charge is 0.493 e. The molecule has 0 spiro atoms. The standard InChI is InChI=1S/C17H16N2O2/c1-3-21-17-12-14(4-5-16(17)20-2)15(6-9-18)13-7-10-19-11-8-13/h4-8,10-12H,3H2,1-2H3. The Morgan fingerprint density at radius 2 is 1.95 bits per heavy atom. The lowest BCUT2D eigenvalue weighted by Crippen LogP contribution is -1.97. The predicted octanol–water partition coefficient (Wildman–Crippen LogP) is 3.44. The molecule has 2 rings (SSSR count). The number of methoxy groups -OCH3 is 1. The highest BCUT2D eigenvalue weighted by molar-refractivity contribution is 5.82. The van der Waals surface area contributed by atoms with Gasteiger partial charge in [0.25, 0.3) is 0 Å². The molecule has 0 amide bonds. The van der Waals surface area contributed by atoms with Gasteiger partial charge in [0, 0.05) is 18.5 Å². The Morgan fingerprint density at radius 1 is 1.19 bits per heavy atom. The van der Waals surface area contributed by atoms with Crippen LogP contribution in [0.5, 0.6) is 11.5 Å². The lowest BCUT2D eigenvalue weighted by Gasteiger charge is -2.13. The van der Waals surface area contributed by atoms with E-state index in [9.17, 15) is 0 Å². The summed E-state index contributed by atoms with van der Waals surface area (Å²) in [5.41, 5.74) is 2.65. The number of allylic oxidation sites excluding steroid dienone is 1. The quantitative estimate of drug-likeness (QED) is 0.787. The second kappa shape index (κ2) is 7.11. The van der Waals surface area contributed by atoms with Crippen molar-refractivity contribution in [3.05, 3.63) is 59.9 Å². The van der Waals surface area contributed by atoms with E-state index in [1.54, 1.807) is 19.5 Å². The zero-order chi connectivity index (χ0) is 15.1. The van der Waals surface area contributed by atoms with Gasteiger partial charge >= 0.3 is 0 Å². The van der Waals surface area contributed by atoms with Crippen molar-refractivity contribution in [1.29, 1.82) is 5.26 Å². The van der Waals surface area contributed by atoms with Crippen LogP contribution in [-0.2, 0) is 0 Å². The summed E-state index contributed by atoms with van der Waals surface area (Å²) in [6.45, 7) is 2.47. The van der Waals surface area contributed by atoms with Crippen LogP contribution in [0, 0.1) is 11.3 Å². The molecule has 0 unspecified atom stereocenters. The van der Waals surface area contributed by atoms with Crippen molar-refractivity contribution in [3.8, 4) is 17.6 Å². The molecule has 0 N–H and O–H groups in total. The van der Waals surface area contributed by atoms with Crippen molar-refractivity contribution in [1.82, 2.24) is 4.98 Å². The fourth-order valence-corrected chi connectivity index (χ4v) is 2.04. The van der Waals surface area contributed by atoms with Gasteiger partial charge < -0.3 is 9.47 Å². The average molecular weight is 280 g/mol. The smallest absolute Gasteiger partial charge is 0.161 e. The molecule has 0 aliphatic heterocycles. The van der Waals surface area contributed by atoms with Gasteiger partial charge in [-0.15, -0.1) is 0 Å². The van der Waals surface area contributed by atoms with Gasteiger partial charge in [-0.2, -0.15) is 5.26 Å². The Labute approximate surface area is 124 Å². The van der Waals surface area contributed by atoms with Crippen molar-refractivity contribution in [2.24, 2.45) is 0 Å². The summed E-state index contributed by atoms with van der Waals surface area (Å²) in [6.07, 6.45) is 4.92. The highest BCUT2D eigenvalue weighted by Gasteiger charge is 2.10. The lowest BCUT2D eigenvalue weighted by atomic mass is 9.98. The number of ether oxygens (including phenoxy) is 2. The highest BCUT2D eigenvalue weighted by atomic mass is 16.5. The number of aromatic nitrogens is 1. The predicted molar refractivity (Wildman–Crippen MR) is 81.1 cm³/mol. The van der Waals surface area contributed by atoms with Gasteiger partial charge in [0.15, 0.2) is 11.5 Å². The number of nitrogens with zero attached hydrogens (tertiary/aromatic N) is 2. The minimum Gasteiger partial charge on any atom is -0.493 e. The van der Waals surface area contributed by atoms with Crippen LogP contribution in [0.4, 0.5) is 0 Å². The van der Waals surface area contributed by atoms with Crippen molar-refractivity contribution in [3.63, 3.8) is 0 Å². The molecule has 0 bridgehead atoms. The first-order valence-corrected chi connectivity index (χ1v) is 6.61. The molecule has 1 aromatic heterocycles. The molecule has 0 saturated heterocycles. The zero-order valence-corrected chi connectivity index (χ0v) is 12.0. The van der Waals surface area contributed by atoms with Gasteiger partial charge in [-0.3, -0.25) is 4.98 Å². The minimum atomic E-state index is 0.548. The molecular formula is C17H16N2O2. The van der Waals surface area contributed by atoms with Crippen molar-refractivity contribution < 1.29 is 9.47 Å². The van der Waals surface area contributed by atoms with Crippen LogP contribution >= 0.6 is 0 Å². The Morgan fingerprint density at radius 3 is 2.57 bits per heavy atom. The molecule has 4 nitrogen and oxygen atoms in total. The van der Waals surface area contributed by atoms with Crippen LogP contribution in [-0.4, -0.2) is 18.7 Å². The highest BCUT2D eigenvalue weighted by Crippen LogP contribution is 2.32. The molecule has 0 fully saturated rings. The van der Waals surface area contributed by atoms with E-state index < -0.39 is 0 Å². The maximum Gasteiger partial charge on any atom is 0.161 e. The van der Waals surface area contributed by atoms with Crippen LogP contribution in [0.2, 0.25) is 0 Å². The third-order valence-electron chi connectivity index (χ3n) is 2.97. The number of benzene rings is 1. The fourth-order valence-electron chi connectivity index (χ4n) is 2.04. The first-order valence-electron chi connectivity index (χ1n) is 6.61. The normalized spacial score (nSPS) is 10.8. The summed E-state index contributed by atoms with van der Waals surface area (Å²) in [6, 6.07) is 11.5. The molecule has 21 heavy (non-hydrogen) atoms. The second-order valence-electron chi connectivity index (χ2n) is 4.22. The average Bonchev–Trinajstić information content (AvgIpc) is 2.54. The van der Waals surface area contributed by atoms with E-state index in [1.807, 2.05) is 37.3 Å². The molecule has 0 atom stereocenters. The molecule has 4 heteroatoms. The summed E-state index contributed by atoms with van der Waals surface area (Å²) in [7, 11) is 1.60. The monoisotopic (exact) mass is 280 g/mol. The SMILES string of the molecule is CCOc1cc(C(=CC#N)c2ccncc2)ccc1OC. The van der Waals surface area contributed by atoms with Crippen LogP contribution in [0.1, 0.15) is 18.1 Å². The van der Waals surface area contributed by atoms with Gasteiger partial charge in [0.05, 0.1) is 19.8 Å². The molecule has 106 valence electrons. The van der Waals surface area contributed by atoms with Gasteiger partial charge in [-0.25, -0.2) is 0 Å². The Hall–Kier alpha value is -2.80. The Balaban J connectivity index is 2.50. The first-order chi connectivity index (χ1) is 10.3. The lowest BCUT2D eigenvalue weighted by molar-refractivity contribution is 0.311. The maximum absolute atomic E-state index is 9.03. The van der Waals surface area contributed by atoms with Crippen molar-refractivity contribution in [2.75, 3.05) is 13.7 Å². The van der Waals surface area contributed by atoms with Crippen LogP contribution < -0.4 is 9.47 Å². The number of nitriles is 1. The van der Waals surface area contributed by atoms with Crippen LogP contribution in [0.15, 0.2) is 48.8 Å². The fraction of sp³-hybridized carbons (Fsp3) is 0.176. The van der Waals surface area contributed by atoms with Crippen molar-refractivity contribution in [2.45, 2.75) is 6.92 Å². The Bertz CT molecular complexity index is 673. The topological polar surface area (TPSA) is 55.1 Å². The van der Waals surface area contributed by atoms with E-state index in [1.165, 1.54) is 6.08 Å². The van der Waals surface area contributed by atoms with E-state index in [4.69, 9.17) is 14.7 Å². The van der Waals surface area contributed by atoms with Crippen LogP contribution in [0.25, 0.3) is 5.57 Å². The third kappa shape index (κ3) is 3.40. The first kappa shape index (κ1) is 14.6. The minimum absolute atomic E-state index is 0.548. The van der Waals surface area contributed by atoms with Crippen molar-refractivity contribution >= 4 is 5.57 Å². The molecule has 0 aliphatic rings. The summed E-state index contributed by atoms with van der Waals surface area (Å²) < 4.78 is 10.9. The van der Waals surface area contributed by atoms with E-state index in [2.05, 4.69) is 11.1 Å². The van der Waals surface area contributed by atoms with Gasteiger partial charge in [0.2, 0.25) is 0 Å². The summed E-state index contributed by atoms with van der Waals surface area (Å²) in [4.78, 5) is 4.00. The van der Waals surface area contributed by atoms with E-state index in [0.29, 0.717) is 18.1 Å². The molecule has 0 radical (unpaired) electrons. The number of hydrogen-bond acceptors (Lipinski definition) is 4. The molecule has 1 aromatic carbocycles. The third-order valence-corrected chi connectivity index (χ3v) is 2.97. The molecular weight excluding hydrogens is 264 g/mol. The van der Waals surface area contributed by atoms with Gasteiger partial charge in [0.1, 0.15) is 0 Å². The van der Waals surface area contributed by atoms with E-state index in [-0.39, 0.29) is 0 Å². The van der Waals surface area contributed by atoms with Crippen LogP contribution in [0.3, 0.4) is 0 Å². The van der Waals surface area contributed by atoms with E-state index >= 15 is 0 Å². The number of hydrogen-bond donors (Lipinski definition) is 0. The van der Waals surface area contributed by atoms with Gasteiger partial charge in [-0.05, 0) is 47.9 Å². The molecule has 0 aliphatic carbocycles. The summed E-state index contributed by atoms with van der Waals surface area (Å²) in [5.74, 6) is 1.34. The number of pyridine rings is 1. The Kier molecular flexibility index (Phi) is 4.94. The summed E-state index contributed by atoms with van der Waals surface area (Å²) in [5, 5.41) is 9.03.